The number of nitrogens with zero attached hydrogens (tertiary/aromatic N) is 2. The van der Waals surface area contributed by atoms with Crippen molar-refractivity contribution in [2.75, 3.05) is 26.2 Å². The average molecular weight is 221 g/mol. The molecule has 62 valence electrons. The Labute approximate surface area is 73.3 Å². The minimum Gasteiger partial charge on any atom is -0.342 e. The first-order valence-electron chi connectivity index (χ1n) is 3.38. The highest BCUT2D eigenvalue weighted by atomic mass is 79.9. The van der Waals surface area contributed by atoms with Gasteiger partial charge in [0.1, 0.15) is 0 Å². The lowest BCUT2D eigenvalue weighted by Crippen LogP contribution is -2.46. The molecule has 2 amide bonds. The number of piperazine rings is 1. The van der Waals surface area contributed by atoms with Gasteiger partial charge in [0.05, 0.1) is 0 Å². The van der Waals surface area contributed by atoms with Crippen molar-refractivity contribution < 1.29 is 9.59 Å². The first kappa shape index (κ1) is 8.52. The Balaban J connectivity index is 2.35. The summed E-state index contributed by atoms with van der Waals surface area (Å²) in [5.41, 5.74) is 0. The van der Waals surface area contributed by atoms with E-state index >= 15 is 0 Å². The first-order chi connectivity index (χ1) is 5.24. The summed E-state index contributed by atoms with van der Waals surface area (Å²) in [5.74, 6) is 0. The Hall–Kier alpha value is -0.580. The normalized spacial score (nSPS) is 18.3. The molecule has 11 heavy (non-hydrogen) atoms. The summed E-state index contributed by atoms with van der Waals surface area (Å²) in [6, 6.07) is 0. The van der Waals surface area contributed by atoms with Crippen molar-refractivity contribution in [2.24, 2.45) is 0 Å². The van der Waals surface area contributed by atoms with E-state index in [1.165, 1.54) is 0 Å². The van der Waals surface area contributed by atoms with Crippen LogP contribution in [0, 0.1) is 0 Å². The van der Waals surface area contributed by atoms with Crippen LogP contribution in [0.1, 0.15) is 0 Å². The Morgan fingerprint density at radius 3 is 2.18 bits per heavy atom. The third-order valence-electron chi connectivity index (χ3n) is 1.71. The van der Waals surface area contributed by atoms with Gasteiger partial charge in [-0.15, -0.1) is 0 Å². The largest absolute Gasteiger partial charge is 0.342 e. The molecule has 0 aliphatic carbocycles. The number of rotatable bonds is 1. The molecule has 1 heterocycles. The molecular formula is C6H9BrN2O2. The van der Waals surface area contributed by atoms with E-state index in [-0.39, 0.29) is 4.82 Å². The van der Waals surface area contributed by atoms with Crippen molar-refractivity contribution >= 4 is 27.2 Å². The summed E-state index contributed by atoms with van der Waals surface area (Å²) in [6.45, 7) is 2.54. The molecule has 0 radical (unpaired) electrons. The van der Waals surface area contributed by atoms with E-state index in [2.05, 4.69) is 15.9 Å². The molecule has 0 saturated carbocycles. The number of hydrogen-bond donors (Lipinski definition) is 0. The topological polar surface area (TPSA) is 40.6 Å². The van der Waals surface area contributed by atoms with Gasteiger partial charge in [0.15, 0.2) is 0 Å². The molecule has 1 aliphatic heterocycles. The molecule has 5 heteroatoms. The fourth-order valence-corrected chi connectivity index (χ4v) is 1.36. The van der Waals surface area contributed by atoms with E-state index < -0.39 is 0 Å². The minimum atomic E-state index is -0.0944. The van der Waals surface area contributed by atoms with Crippen LogP contribution < -0.4 is 0 Å². The third kappa shape index (κ3) is 2.18. The summed E-state index contributed by atoms with van der Waals surface area (Å²) in [7, 11) is 0. The van der Waals surface area contributed by atoms with Gasteiger partial charge in [0.25, 0.3) is 4.82 Å². The maximum Gasteiger partial charge on any atom is 0.289 e. The average Bonchev–Trinajstić information content (AvgIpc) is 2.05. The van der Waals surface area contributed by atoms with Gasteiger partial charge in [-0.3, -0.25) is 9.59 Å². The first-order valence-corrected chi connectivity index (χ1v) is 4.17. The van der Waals surface area contributed by atoms with Crippen LogP contribution in [0.25, 0.3) is 0 Å². The molecule has 1 rings (SSSR count). The molecular weight excluding hydrogens is 212 g/mol. The fraction of sp³-hybridized carbons (Fsp3) is 0.667. The Morgan fingerprint density at radius 1 is 1.27 bits per heavy atom. The van der Waals surface area contributed by atoms with Gasteiger partial charge in [-0.25, -0.2) is 0 Å². The van der Waals surface area contributed by atoms with Crippen LogP contribution in [-0.2, 0) is 4.79 Å². The molecule has 0 atom stereocenters. The van der Waals surface area contributed by atoms with Crippen LogP contribution in [0.4, 0.5) is 4.79 Å². The number of carbonyl (C=O) groups is 2. The molecule has 0 aromatic rings. The number of halogens is 1. The highest BCUT2D eigenvalue weighted by Gasteiger charge is 2.17. The molecule has 0 aromatic carbocycles. The quantitative estimate of drug-likeness (QED) is 0.362. The molecule has 0 bridgehead atoms. The standard InChI is InChI=1S/C6H9BrN2O2/c7-6(11)9-3-1-8(5-10)2-4-9/h5H,1-4H2. The van der Waals surface area contributed by atoms with E-state index in [0.29, 0.717) is 26.2 Å². The van der Waals surface area contributed by atoms with Crippen LogP contribution in [0.3, 0.4) is 0 Å². The number of amides is 2. The molecule has 1 saturated heterocycles. The van der Waals surface area contributed by atoms with Crippen molar-refractivity contribution in [3.8, 4) is 0 Å². The van der Waals surface area contributed by atoms with Crippen LogP contribution in [0.15, 0.2) is 0 Å². The zero-order valence-electron chi connectivity index (χ0n) is 5.99. The SMILES string of the molecule is O=CN1CCN(C(=O)Br)CC1. The lowest BCUT2D eigenvalue weighted by Gasteiger charge is -2.30. The fourth-order valence-electron chi connectivity index (χ4n) is 1.00. The van der Waals surface area contributed by atoms with Gasteiger partial charge >= 0.3 is 0 Å². The Morgan fingerprint density at radius 2 is 1.82 bits per heavy atom. The lowest BCUT2D eigenvalue weighted by atomic mass is 10.3. The molecule has 1 fully saturated rings. The third-order valence-corrected chi connectivity index (χ3v) is 2.21. The molecule has 0 aromatic heterocycles. The van der Waals surface area contributed by atoms with Crippen molar-refractivity contribution in [2.45, 2.75) is 0 Å². The zero-order valence-corrected chi connectivity index (χ0v) is 7.58. The maximum absolute atomic E-state index is 10.7. The van der Waals surface area contributed by atoms with E-state index in [0.717, 1.165) is 6.41 Å². The van der Waals surface area contributed by atoms with Crippen molar-refractivity contribution in [3.05, 3.63) is 0 Å². The van der Waals surface area contributed by atoms with Gasteiger partial charge in [0, 0.05) is 42.1 Å². The van der Waals surface area contributed by atoms with Crippen molar-refractivity contribution in [1.29, 1.82) is 0 Å². The predicted octanol–water partition coefficient (Wildman–Crippen LogP) is 0.275. The molecule has 4 nitrogen and oxygen atoms in total. The second-order valence-corrected chi connectivity index (χ2v) is 3.06. The van der Waals surface area contributed by atoms with E-state index in [4.69, 9.17) is 0 Å². The number of hydrogen-bond acceptors (Lipinski definition) is 2. The van der Waals surface area contributed by atoms with Gasteiger partial charge in [-0.2, -0.15) is 0 Å². The van der Waals surface area contributed by atoms with Gasteiger partial charge in [0.2, 0.25) is 6.41 Å². The van der Waals surface area contributed by atoms with Gasteiger partial charge in [-0.1, -0.05) is 0 Å². The van der Waals surface area contributed by atoms with Crippen LogP contribution in [-0.4, -0.2) is 47.2 Å². The summed E-state index contributed by atoms with van der Waals surface area (Å²) < 4.78 is 0. The molecule has 0 unspecified atom stereocenters. The second-order valence-electron chi connectivity index (χ2n) is 2.38. The predicted molar refractivity (Wildman–Crippen MR) is 43.5 cm³/mol. The van der Waals surface area contributed by atoms with Crippen LogP contribution in [0.5, 0.6) is 0 Å². The second kappa shape index (κ2) is 3.71. The summed E-state index contributed by atoms with van der Waals surface area (Å²) in [6.07, 6.45) is 0.816. The summed E-state index contributed by atoms with van der Waals surface area (Å²) in [4.78, 5) is 24.2. The van der Waals surface area contributed by atoms with E-state index in [9.17, 15) is 9.59 Å². The Bertz CT molecular complexity index is 166. The van der Waals surface area contributed by atoms with E-state index in [1.807, 2.05) is 0 Å². The smallest absolute Gasteiger partial charge is 0.289 e. The lowest BCUT2D eigenvalue weighted by molar-refractivity contribution is -0.119. The highest BCUT2D eigenvalue weighted by Crippen LogP contribution is 2.03. The minimum absolute atomic E-state index is 0.0944. The monoisotopic (exact) mass is 220 g/mol. The van der Waals surface area contributed by atoms with Crippen LogP contribution in [0.2, 0.25) is 0 Å². The van der Waals surface area contributed by atoms with Crippen molar-refractivity contribution in [1.82, 2.24) is 9.80 Å². The summed E-state index contributed by atoms with van der Waals surface area (Å²) >= 11 is 2.86. The number of carbonyl (C=O) groups excluding carboxylic acids is 2. The molecule has 1 aliphatic rings. The zero-order chi connectivity index (χ0) is 8.27. The highest BCUT2D eigenvalue weighted by molar-refractivity contribution is 9.18. The molecule has 0 spiro atoms. The Kier molecular flexibility index (Phi) is 2.87. The maximum atomic E-state index is 10.7. The van der Waals surface area contributed by atoms with Gasteiger partial charge in [-0.05, 0) is 0 Å². The van der Waals surface area contributed by atoms with Crippen LogP contribution >= 0.6 is 15.9 Å². The van der Waals surface area contributed by atoms with Gasteiger partial charge < -0.3 is 9.80 Å². The van der Waals surface area contributed by atoms with E-state index in [1.54, 1.807) is 9.80 Å². The summed E-state index contributed by atoms with van der Waals surface area (Å²) in [5, 5.41) is 0. The van der Waals surface area contributed by atoms with Crippen molar-refractivity contribution in [3.63, 3.8) is 0 Å². The molecule has 0 N–H and O–H groups in total.